The lowest BCUT2D eigenvalue weighted by Gasteiger charge is -2.37. The minimum atomic E-state index is -4.67. The van der Waals surface area contributed by atoms with Gasteiger partial charge in [-0.2, -0.15) is 18.3 Å². The van der Waals surface area contributed by atoms with E-state index in [2.05, 4.69) is 37.5 Å². The van der Waals surface area contributed by atoms with E-state index in [1.165, 1.54) is 17.0 Å². The van der Waals surface area contributed by atoms with Crippen LogP contribution >= 0.6 is 0 Å². The zero-order valence-corrected chi connectivity index (χ0v) is 30.2. The van der Waals surface area contributed by atoms with E-state index in [1.807, 2.05) is 19.1 Å². The van der Waals surface area contributed by atoms with Crippen LogP contribution in [0.25, 0.3) is 5.65 Å². The summed E-state index contributed by atoms with van der Waals surface area (Å²) in [6.07, 6.45) is -0.985. The van der Waals surface area contributed by atoms with E-state index in [9.17, 15) is 32.3 Å². The van der Waals surface area contributed by atoms with Gasteiger partial charge < -0.3 is 15.1 Å². The van der Waals surface area contributed by atoms with Gasteiger partial charge in [-0.3, -0.25) is 29.4 Å². The number of nitrogens with zero attached hydrogens (tertiary/aromatic N) is 6. The molecule has 0 aliphatic carbocycles. The van der Waals surface area contributed by atoms with E-state index in [-0.39, 0.29) is 48.1 Å². The number of benzene rings is 3. The number of anilines is 2. The number of halogens is 3. The summed E-state index contributed by atoms with van der Waals surface area (Å²) in [4.78, 5) is 60.0. The molecule has 2 aromatic heterocycles. The van der Waals surface area contributed by atoms with E-state index < -0.39 is 29.6 Å². The third-order valence-corrected chi connectivity index (χ3v) is 10.4. The largest absolute Gasteiger partial charge is 0.418 e. The van der Waals surface area contributed by atoms with Crippen molar-refractivity contribution in [2.24, 2.45) is 0 Å². The summed E-state index contributed by atoms with van der Waals surface area (Å²) >= 11 is 0. The molecule has 1 atom stereocenters. The maximum Gasteiger partial charge on any atom is 0.418 e. The number of piperazine rings is 1. The summed E-state index contributed by atoms with van der Waals surface area (Å²) in [6, 6.07) is 17.2. The molecule has 1 unspecified atom stereocenters. The fourth-order valence-electron chi connectivity index (χ4n) is 7.39. The molecule has 8 rings (SSSR count). The highest BCUT2D eigenvalue weighted by Crippen LogP contribution is 2.39. The van der Waals surface area contributed by atoms with Gasteiger partial charge in [0.1, 0.15) is 11.7 Å². The highest BCUT2D eigenvalue weighted by Gasteiger charge is 2.39. The number of alkyl halides is 3. The SMILES string of the molecule is Cc1ccc(C(=O)Nc2ccc(N3CCN(Cc4ccc5c(c4)CN(C4CCC(=O)NC4=O)C5=O)CC3)c(C(F)(F)F)c2)cc1C#Cc1cnc2cccnn12. The summed E-state index contributed by atoms with van der Waals surface area (Å²) in [5.41, 5.74) is 4.33. The van der Waals surface area contributed by atoms with Gasteiger partial charge in [-0.25, -0.2) is 9.50 Å². The van der Waals surface area contributed by atoms with Crippen molar-refractivity contribution in [3.63, 3.8) is 0 Å². The molecule has 5 heterocycles. The van der Waals surface area contributed by atoms with Crippen LogP contribution in [0.15, 0.2) is 79.1 Å². The Hall–Kier alpha value is -6.53. The van der Waals surface area contributed by atoms with E-state index in [4.69, 9.17) is 0 Å². The summed E-state index contributed by atoms with van der Waals surface area (Å²) in [6.45, 7) is 4.35. The monoisotopic (exact) mass is 760 g/mol. The molecule has 0 spiro atoms. The Labute approximate surface area is 319 Å². The van der Waals surface area contributed by atoms with Gasteiger partial charge in [0.15, 0.2) is 5.65 Å². The molecule has 2 N–H and O–H groups in total. The topological polar surface area (TPSA) is 132 Å². The van der Waals surface area contributed by atoms with Crippen LogP contribution in [0.3, 0.4) is 0 Å². The second kappa shape index (κ2) is 14.6. The van der Waals surface area contributed by atoms with Crippen molar-refractivity contribution in [1.82, 2.24) is 29.7 Å². The van der Waals surface area contributed by atoms with Crippen LogP contribution in [0.2, 0.25) is 0 Å². The standard InChI is InChI=1S/C41H35F3N8O4/c1-25-4-6-28(20-27(25)7-9-31-22-45-36-3-2-14-46-52(31)36)38(54)47-30-8-11-34(33(21-30)41(42,43)44)50-17-15-49(16-18-50)23-26-5-10-32-29(19-26)24-51(40(32)56)35-12-13-37(53)48-39(35)55/h2-6,8,10-11,14,19-22,35H,12-13,15-18,23-24H2,1H3,(H,47,54)(H,48,53,55). The number of rotatable bonds is 6. The zero-order chi connectivity index (χ0) is 39.1. The maximum atomic E-state index is 14.5. The van der Waals surface area contributed by atoms with Crippen LogP contribution in [0.5, 0.6) is 0 Å². The van der Waals surface area contributed by atoms with Crippen LogP contribution < -0.4 is 15.5 Å². The quantitative estimate of drug-likeness (QED) is 0.187. The molecule has 56 heavy (non-hydrogen) atoms. The third kappa shape index (κ3) is 7.30. The molecule has 3 aromatic carbocycles. The molecule has 2 fully saturated rings. The minimum Gasteiger partial charge on any atom is -0.368 e. The Morgan fingerprint density at radius 2 is 1.80 bits per heavy atom. The van der Waals surface area contributed by atoms with Crippen molar-refractivity contribution in [3.8, 4) is 11.8 Å². The predicted molar refractivity (Wildman–Crippen MR) is 200 cm³/mol. The van der Waals surface area contributed by atoms with Gasteiger partial charge in [0.05, 0.1) is 11.8 Å². The van der Waals surface area contributed by atoms with Crippen LogP contribution in [0, 0.1) is 18.8 Å². The highest BCUT2D eigenvalue weighted by molar-refractivity contribution is 6.06. The average Bonchev–Trinajstić information content (AvgIpc) is 3.74. The number of piperidine rings is 1. The zero-order valence-electron chi connectivity index (χ0n) is 30.2. The number of amides is 4. The number of aryl methyl sites for hydroxylation is 1. The lowest BCUT2D eigenvalue weighted by Crippen LogP contribution is -2.52. The molecule has 5 aromatic rings. The van der Waals surface area contributed by atoms with Gasteiger partial charge in [0.25, 0.3) is 11.8 Å². The molecular weight excluding hydrogens is 725 g/mol. The molecule has 3 aliphatic rings. The Morgan fingerprint density at radius 1 is 0.982 bits per heavy atom. The third-order valence-electron chi connectivity index (χ3n) is 10.4. The van der Waals surface area contributed by atoms with Crippen LogP contribution in [-0.4, -0.2) is 80.2 Å². The number of carbonyl (C=O) groups is 4. The van der Waals surface area contributed by atoms with Gasteiger partial charge >= 0.3 is 6.18 Å². The molecule has 2 saturated heterocycles. The molecule has 3 aliphatic heterocycles. The van der Waals surface area contributed by atoms with Crippen molar-refractivity contribution in [3.05, 3.63) is 124 Å². The average molecular weight is 761 g/mol. The molecule has 15 heteroatoms. The van der Waals surface area contributed by atoms with Gasteiger partial charge in [0.2, 0.25) is 11.8 Å². The summed E-state index contributed by atoms with van der Waals surface area (Å²) in [7, 11) is 0. The number of carbonyl (C=O) groups excluding carboxylic acids is 4. The first kappa shape index (κ1) is 36.4. The minimum absolute atomic E-state index is 0.0148. The molecule has 0 saturated carbocycles. The molecular formula is C41H35F3N8O4. The van der Waals surface area contributed by atoms with E-state index in [1.54, 1.807) is 58.2 Å². The highest BCUT2D eigenvalue weighted by atomic mass is 19.4. The van der Waals surface area contributed by atoms with Crippen LogP contribution in [0.1, 0.15) is 67.1 Å². The number of hydrogen-bond donors (Lipinski definition) is 2. The molecule has 0 radical (unpaired) electrons. The first-order valence-electron chi connectivity index (χ1n) is 18.1. The first-order chi connectivity index (χ1) is 26.9. The second-order valence-corrected chi connectivity index (χ2v) is 14.1. The number of imide groups is 1. The van der Waals surface area contributed by atoms with Gasteiger partial charge in [-0.15, -0.1) is 0 Å². The Kier molecular flexibility index (Phi) is 9.51. The predicted octanol–water partition coefficient (Wildman–Crippen LogP) is 4.79. The van der Waals surface area contributed by atoms with Crippen molar-refractivity contribution < 1.29 is 32.3 Å². The number of imidazole rings is 1. The number of hydrogen-bond acceptors (Lipinski definition) is 8. The lowest BCUT2D eigenvalue weighted by atomic mass is 10.0. The van der Waals surface area contributed by atoms with Crippen molar-refractivity contribution in [2.75, 3.05) is 36.4 Å². The van der Waals surface area contributed by atoms with Crippen molar-refractivity contribution >= 4 is 40.7 Å². The van der Waals surface area contributed by atoms with Crippen molar-refractivity contribution in [1.29, 1.82) is 0 Å². The maximum absolute atomic E-state index is 14.5. The number of aromatic nitrogens is 3. The van der Waals surface area contributed by atoms with Crippen LogP contribution in [-0.2, 0) is 28.9 Å². The number of nitrogens with one attached hydrogen (secondary N) is 2. The smallest absolute Gasteiger partial charge is 0.368 e. The van der Waals surface area contributed by atoms with Crippen molar-refractivity contribution in [2.45, 2.75) is 45.1 Å². The van der Waals surface area contributed by atoms with Gasteiger partial charge in [0, 0.05) is 80.0 Å². The Morgan fingerprint density at radius 3 is 2.59 bits per heavy atom. The van der Waals surface area contributed by atoms with E-state index >= 15 is 0 Å². The summed E-state index contributed by atoms with van der Waals surface area (Å²) in [5, 5.41) is 9.19. The van der Waals surface area contributed by atoms with E-state index in [0.717, 1.165) is 22.8 Å². The second-order valence-electron chi connectivity index (χ2n) is 14.1. The lowest BCUT2D eigenvalue weighted by molar-refractivity contribution is -0.138. The Bertz CT molecular complexity index is 2480. The van der Waals surface area contributed by atoms with E-state index in [0.29, 0.717) is 55.2 Å². The van der Waals surface area contributed by atoms with Gasteiger partial charge in [-0.05, 0) is 84.5 Å². The van der Waals surface area contributed by atoms with Gasteiger partial charge in [-0.1, -0.05) is 24.1 Å². The summed E-state index contributed by atoms with van der Waals surface area (Å²) < 4.78 is 45.1. The first-order valence-corrected chi connectivity index (χ1v) is 18.1. The van der Waals surface area contributed by atoms with Crippen LogP contribution in [0.4, 0.5) is 24.5 Å². The molecule has 12 nitrogen and oxygen atoms in total. The normalized spacial score (nSPS) is 17.4. The summed E-state index contributed by atoms with van der Waals surface area (Å²) in [5.74, 6) is 4.47. The Balaban J connectivity index is 0.912. The molecule has 4 amide bonds. The molecule has 284 valence electrons. The molecule has 0 bridgehead atoms. The fraction of sp³-hybridized carbons (Fsp3) is 0.268. The fourth-order valence-corrected chi connectivity index (χ4v) is 7.39. The number of fused-ring (bicyclic) bond motifs is 2.